The van der Waals surface area contributed by atoms with Crippen molar-refractivity contribution in [2.75, 3.05) is 6.54 Å². The fourth-order valence-electron chi connectivity index (χ4n) is 2.84. The van der Waals surface area contributed by atoms with E-state index in [2.05, 4.69) is 10.3 Å². The van der Waals surface area contributed by atoms with Crippen LogP contribution in [-0.2, 0) is 22.4 Å². The number of hydrogen-bond acceptors (Lipinski definition) is 5. The van der Waals surface area contributed by atoms with Crippen LogP contribution in [0.5, 0.6) is 0 Å². The molecule has 1 aliphatic carbocycles. The minimum absolute atomic E-state index is 0.0385. The second-order valence-corrected chi connectivity index (χ2v) is 6.69. The summed E-state index contributed by atoms with van der Waals surface area (Å²) in [5.41, 5.74) is 0.880. The number of thiophene rings is 1. The highest BCUT2D eigenvalue weighted by Crippen LogP contribution is 2.34. The molecule has 0 aromatic carbocycles. The summed E-state index contributed by atoms with van der Waals surface area (Å²) in [5.74, 6) is -1.37. The summed E-state index contributed by atoms with van der Waals surface area (Å²) in [6, 6.07) is -0.731. The topological polar surface area (TPSA) is 101 Å². The molecule has 0 saturated heterocycles. The van der Waals surface area contributed by atoms with Crippen molar-refractivity contribution in [1.29, 1.82) is 0 Å². The fraction of sp³-hybridized carbons (Fsp3) is 0.467. The lowest BCUT2D eigenvalue weighted by Gasteiger charge is -2.14. The number of aryl methyl sites for hydroxylation is 2. The third-order valence-electron chi connectivity index (χ3n) is 4.09. The molecule has 1 unspecified atom stereocenters. The van der Waals surface area contributed by atoms with E-state index in [9.17, 15) is 14.4 Å². The van der Waals surface area contributed by atoms with Gasteiger partial charge in [-0.05, 0) is 31.7 Å². The molecule has 2 N–H and O–H groups in total. The van der Waals surface area contributed by atoms with E-state index in [0.29, 0.717) is 5.39 Å². The summed E-state index contributed by atoms with van der Waals surface area (Å²) in [6.45, 7) is 1.65. The van der Waals surface area contributed by atoms with E-state index in [1.54, 1.807) is 18.3 Å². The Morgan fingerprint density at radius 2 is 2.26 bits per heavy atom. The van der Waals surface area contributed by atoms with E-state index in [0.717, 1.165) is 29.7 Å². The Kier molecular flexibility index (Phi) is 4.16. The number of aliphatic carboxylic acids is 1. The number of rotatable bonds is 5. The maximum absolute atomic E-state index is 12.7. The molecule has 0 fully saturated rings. The van der Waals surface area contributed by atoms with E-state index < -0.39 is 12.0 Å². The van der Waals surface area contributed by atoms with Crippen LogP contribution in [-0.4, -0.2) is 33.1 Å². The van der Waals surface area contributed by atoms with Crippen molar-refractivity contribution in [1.82, 2.24) is 14.9 Å². The first-order valence-corrected chi connectivity index (χ1v) is 8.31. The first kappa shape index (κ1) is 15.7. The van der Waals surface area contributed by atoms with Gasteiger partial charge in [-0.25, -0.2) is 4.98 Å². The van der Waals surface area contributed by atoms with Crippen LogP contribution in [0.1, 0.15) is 36.2 Å². The third kappa shape index (κ3) is 2.86. The molecule has 2 heterocycles. The van der Waals surface area contributed by atoms with Crippen LogP contribution in [0.15, 0.2) is 11.1 Å². The maximum Gasteiger partial charge on any atom is 0.305 e. The largest absolute Gasteiger partial charge is 0.481 e. The number of carbonyl (C=O) groups is 2. The number of carbonyl (C=O) groups excluding carboxylic acids is 1. The van der Waals surface area contributed by atoms with Gasteiger partial charge in [0.1, 0.15) is 10.9 Å². The Hall–Kier alpha value is -2.22. The van der Waals surface area contributed by atoms with Crippen LogP contribution in [0.25, 0.3) is 10.2 Å². The molecule has 1 amide bonds. The Labute approximate surface area is 136 Å². The molecule has 23 heavy (non-hydrogen) atoms. The Morgan fingerprint density at radius 1 is 1.48 bits per heavy atom. The molecule has 3 rings (SSSR count). The van der Waals surface area contributed by atoms with E-state index in [-0.39, 0.29) is 24.4 Å². The van der Waals surface area contributed by atoms with Gasteiger partial charge < -0.3 is 10.4 Å². The van der Waals surface area contributed by atoms with Gasteiger partial charge in [-0.1, -0.05) is 0 Å². The second-order valence-electron chi connectivity index (χ2n) is 5.61. The smallest absolute Gasteiger partial charge is 0.305 e. The van der Waals surface area contributed by atoms with Crippen molar-refractivity contribution in [2.24, 2.45) is 0 Å². The van der Waals surface area contributed by atoms with Crippen LogP contribution in [0.4, 0.5) is 0 Å². The first-order valence-electron chi connectivity index (χ1n) is 7.50. The van der Waals surface area contributed by atoms with Crippen molar-refractivity contribution in [3.05, 3.63) is 27.1 Å². The minimum atomic E-state index is -0.980. The van der Waals surface area contributed by atoms with Gasteiger partial charge in [-0.3, -0.25) is 19.0 Å². The number of fused-ring (bicyclic) bond motifs is 3. The van der Waals surface area contributed by atoms with Crippen molar-refractivity contribution in [3.8, 4) is 0 Å². The monoisotopic (exact) mass is 335 g/mol. The number of hydrogen-bond donors (Lipinski definition) is 2. The number of nitrogens with one attached hydrogen (secondary N) is 1. The Balaban J connectivity index is 1.87. The molecule has 0 bridgehead atoms. The molecule has 2 aromatic rings. The molecule has 1 aliphatic rings. The number of aromatic nitrogens is 2. The van der Waals surface area contributed by atoms with Gasteiger partial charge in [0.15, 0.2) is 0 Å². The SMILES string of the molecule is CC(C(=O)NCCC(=O)O)n1cnc2sc3c(c2c1=O)CCC3. The van der Waals surface area contributed by atoms with Crippen LogP contribution in [0.2, 0.25) is 0 Å². The highest BCUT2D eigenvalue weighted by atomic mass is 32.1. The van der Waals surface area contributed by atoms with E-state index in [4.69, 9.17) is 5.11 Å². The molecule has 0 aliphatic heterocycles. The normalized spacial score (nSPS) is 14.7. The molecule has 0 radical (unpaired) electrons. The van der Waals surface area contributed by atoms with E-state index >= 15 is 0 Å². The summed E-state index contributed by atoms with van der Waals surface area (Å²) in [4.78, 5) is 41.6. The lowest BCUT2D eigenvalue weighted by Crippen LogP contribution is -2.36. The van der Waals surface area contributed by atoms with Gasteiger partial charge in [0.25, 0.3) is 5.56 Å². The quantitative estimate of drug-likeness (QED) is 0.852. The first-order chi connectivity index (χ1) is 11.0. The van der Waals surface area contributed by atoms with Crippen LogP contribution < -0.4 is 10.9 Å². The maximum atomic E-state index is 12.7. The average molecular weight is 335 g/mol. The summed E-state index contributed by atoms with van der Waals surface area (Å²) in [7, 11) is 0. The number of carboxylic acids is 1. The van der Waals surface area contributed by atoms with Gasteiger partial charge in [-0.2, -0.15) is 0 Å². The average Bonchev–Trinajstić information content (AvgIpc) is 3.06. The van der Waals surface area contributed by atoms with Crippen LogP contribution >= 0.6 is 11.3 Å². The highest BCUT2D eigenvalue weighted by Gasteiger charge is 2.24. The van der Waals surface area contributed by atoms with Crippen LogP contribution in [0, 0.1) is 0 Å². The van der Waals surface area contributed by atoms with Crippen LogP contribution in [0.3, 0.4) is 0 Å². The van der Waals surface area contributed by atoms with Gasteiger partial charge in [-0.15, -0.1) is 11.3 Å². The molecule has 7 nitrogen and oxygen atoms in total. The van der Waals surface area contributed by atoms with Crippen molar-refractivity contribution in [2.45, 2.75) is 38.6 Å². The third-order valence-corrected chi connectivity index (χ3v) is 5.29. The fourth-order valence-corrected chi connectivity index (χ4v) is 4.06. The lowest BCUT2D eigenvalue weighted by molar-refractivity contribution is -0.137. The predicted molar refractivity (Wildman–Crippen MR) is 85.9 cm³/mol. The van der Waals surface area contributed by atoms with Gasteiger partial charge in [0.05, 0.1) is 18.1 Å². The predicted octanol–water partition coefficient (Wildman–Crippen LogP) is 1.10. The molecule has 8 heteroatoms. The number of nitrogens with zero attached hydrogens (tertiary/aromatic N) is 2. The van der Waals surface area contributed by atoms with Crippen molar-refractivity contribution < 1.29 is 14.7 Å². The molecule has 2 aromatic heterocycles. The zero-order chi connectivity index (χ0) is 16.6. The molecule has 0 saturated carbocycles. The molecular weight excluding hydrogens is 318 g/mol. The van der Waals surface area contributed by atoms with E-state index in [1.165, 1.54) is 15.8 Å². The van der Waals surface area contributed by atoms with Gasteiger partial charge in [0.2, 0.25) is 5.91 Å². The molecular formula is C15H17N3O4S. The van der Waals surface area contributed by atoms with Crippen molar-refractivity contribution in [3.63, 3.8) is 0 Å². The number of amides is 1. The Morgan fingerprint density at radius 3 is 3.00 bits per heavy atom. The zero-order valence-corrected chi connectivity index (χ0v) is 13.5. The highest BCUT2D eigenvalue weighted by molar-refractivity contribution is 7.18. The molecule has 1 atom stereocenters. The summed E-state index contributed by atoms with van der Waals surface area (Å²) in [5, 5.41) is 11.8. The second kappa shape index (κ2) is 6.11. The zero-order valence-electron chi connectivity index (χ0n) is 12.7. The van der Waals surface area contributed by atoms with Gasteiger partial charge >= 0.3 is 5.97 Å². The standard InChI is InChI=1S/C15H17N3O4S/c1-8(13(21)16-6-5-11(19)20)18-7-17-14-12(15(18)22)9-3-2-4-10(9)23-14/h7-8H,2-6H2,1H3,(H,16,21)(H,19,20). The van der Waals surface area contributed by atoms with Gasteiger partial charge in [0, 0.05) is 11.4 Å². The lowest BCUT2D eigenvalue weighted by atomic mass is 10.2. The van der Waals surface area contributed by atoms with Crippen molar-refractivity contribution >= 4 is 33.4 Å². The summed E-state index contributed by atoms with van der Waals surface area (Å²) in [6.07, 6.45) is 4.17. The summed E-state index contributed by atoms with van der Waals surface area (Å²) >= 11 is 1.56. The minimum Gasteiger partial charge on any atom is -0.481 e. The molecule has 122 valence electrons. The molecule has 0 spiro atoms. The van der Waals surface area contributed by atoms with E-state index in [1.807, 2.05) is 0 Å². The summed E-state index contributed by atoms with van der Waals surface area (Å²) < 4.78 is 1.32. The Bertz CT molecular complexity index is 839. The number of carboxylic acid groups (broad SMARTS) is 1.